The fraction of sp³-hybridized carbons (Fsp3) is 0.250. The van der Waals surface area contributed by atoms with Crippen molar-refractivity contribution in [1.29, 1.82) is 0 Å². The fourth-order valence-electron chi connectivity index (χ4n) is 2.47. The third-order valence-corrected chi connectivity index (χ3v) is 4.00. The number of halogens is 3. The van der Waals surface area contributed by atoms with Gasteiger partial charge < -0.3 is 10.1 Å². The van der Waals surface area contributed by atoms with Gasteiger partial charge in [0.05, 0.1) is 6.61 Å². The highest BCUT2D eigenvalue weighted by Crippen LogP contribution is 2.31. The standard InChI is InChI=1S/C16H15BrFNO.ClH/c17-12-5-6-14(18)11(9-12)10-19-15-7-8-20-16-4-2-1-3-13(15)16;/h1-6,9,15,19H,7-8,10H2;1H. The van der Waals surface area contributed by atoms with Crippen LogP contribution in [0.25, 0.3) is 0 Å². The van der Waals surface area contributed by atoms with Crippen LogP contribution in [0.3, 0.4) is 0 Å². The van der Waals surface area contributed by atoms with E-state index in [1.807, 2.05) is 24.3 Å². The van der Waals surface area contributed by atoms with Gasteiger partial charge in [0.2, 0.25) is 0 Å². The predicted molar refractivity (Wildman–Crippen MR) is 87.5 cm³/mol. The van der Waals surface area contributed by atoms with Gasteiger partial charge in [-0.05, 0) is 24.3 Å². The minimum Gasteiger partial charge on any atom is -0.493 e. The summed E-state index contributed by atoms with van der Waals surface area (Å²) < 4.78 is 20.3. The summed E-state index contributed by atoms with van der Waals surface area (Å²) in [5.41, 5.74) is 1.82. The van der Waals surface area contributed by atoms with Crippen molar-refractivity contribution in [3.8, 4) is 5.75 Å². The van der Waals surface area contributed by atoms with E-state index in [9.17, 15) is 4.39 Å². The normalized spacial score (nSPS) is 16.6. The second kappa shape index (κ2) is 7.25. The Hall–Kier alpha value is -1.10. The molecule has 112 valence electrons. The molecule has 0 fully saturated rings. The largest absolute Gasteiger partial charge is 0.493 e. The summed E-state index contributed by atoms with van der Waals surface area (Å²) in [6, 6.07) is 13.2. The maximum atomic E-state index is 13.7. The van der Waals surface area contributed by atoms with Crippen molar-refractivity contribution in [2.75, 3.05) is 6.61 Å². The van der Waals surface area contributed by atoms with E-state index in [4.69, 9.17) is 4.74 Å². The van der Waals surface area contributed by atoms with Crippen molar-refractivity contribution >= 4 is 28.3 Å². The summed E-state index contributed by atoms with van der Waals surface area (Å²) in [6.07, 6.45) is 0.895. The van der Waals surface area contributed by atoms with Gasteiger partial charge in [0.25, 0.3) is 0 Å². The zero-order valence-corrected chi connectivity index (χ0v) is 13.7. The second-order valence-electron chi connectivity index (χ2n) is 4.84. The zero-order chi connectivity index (χ0) is 13.9. The molecule has 2 aromatic carbocycles. The molecule has 2 aromatic rings. The maximum Gasteiger partial charge on any atom is 0.127 e. The summed E-state index contributed by atoms with van der Waals surface area (Å²) in [5.74, 6) is 0.743. The van der Waals surface area contributed by atoms with Crippen molar-refractivity contribution in [2.45, 2.75) is 19.0 Å². The van der Waals surface area contributed by atoms with Gasteiger partial charge in [0.15, 0.2) is 0 Å². The Bertz CT molecular complexity index is 623. The molecule has 0 radical (unpaired) electrons. The van der Waals surface area contributed by atoms with E-state index in [-0.39, 0.29) is 24.3 Å². The molecule has 0 saturated heterocycles. The Kier molecular flexibility index (Phi) is 5.62. The van der Waals surface area contributed by atoms with Gasteiger partial charge in [0, 0.05) is 34.6 Å². The van der Waals surface area contributed by atoms with Crippen LogP contribution in [-0.4, -0.2) is 6.61 Å². The highest BCUT2D eigenvalue weighted by Gasteiger charge is 2.20. The van der Waals surface area contributed by atoms with E-state index < -0.39 is 0 Å². The topological polar surface area (TPSA) is 21.3 Å². The maximum absolute atomic E-state index is 13.7. The number of rotatable bonds is 3. The van der Waals surface area contributed by atoms with E-state index in [1.54, 1.807) is 6.07 Å². The molecular formula is C16H16BrClFNO. The number of fused-ring (bicyclic) bond motifs is 1. The Labute approximate surface area is 138 Å². The SMILES string of the molecule is Cl.Fc1ccc(Br)cc1CNC1CCOc2ccccc21. The van der Waals surface area contributed by atoms with Crippen LogP contribution in [0.5, 0.6) is 5.75 Å². The average Bonchev–Trinajstić information content (AvgIpc) is 2.48. The summed E-state index contributed by atoms with van der Waals surface area (Å²) in [5, 5.41) is 3.42. The molecule has 1 N–H and O–H groups in total. The Morgan fingerprint density at radius 3 is 2.90 bits per heavy atom. The van der Waals surface area contributed by atoms with Crippen molar-refractivity contribution in [2.24, 2.45) is 0 Å². The van der Waals surface area contributed by atoms with Gasteiger partial charge in [-0.15, -0.1) is 12.4 Å². The minimum atomic E-state index is -0.180. The van der Waals surface area contributed by atoms with Gasteiger partial charge in [-0.2, -0.15) is 0 Å². The molecule has 0 saturated carbocycles. The molecule has 5 heteroatoms. The van der Waals surface area contributed by atoms with Gasteiger partial charge >= 0.3 is 0 Å². The number of hydrogen-bond donors (Lipinski definition) is 1. The average molecular weight is 373 g/mol. The van der Waals surface area contributed by atoms with E-state index in [0.29, 0.717) is 18.7 Å². The predicted octanol–water partition coefficient (Wildman–Crippen LogP) is 4.62. The quantitative estimate of drug-likeness (QED) is 0.848. The summed E-state index contributed by atoms with van der Waals surface area (Å²) >= 11 is 3.37. The number of ether oxygens (including phenoxy) is 1. The van der Waals surface area contributed by atoms with Gasteiger partial charge in [-0.25, -0.2) is 4.39 Å². The van der Waals surface area contributed by atoms with Crippen LogP contribution in [0, 0.1) is 5.82 Å². The summed E-state index contributed by atoms with van der Waals surface area (Å²) in [4.78, 5) is 0. The highest BCUT2D eigenvalue weighted by molar-refractivity contribution is 9.10. The number of hydrogen-bond acceptors (Lipinski definition) is 2. The molecule has 0 aliphatic carbocycles. The third-order valence-electron chi connectivity index (χ3n) is 3.51. The van der Waals surface area contributed by atoms with Crippen LogP contribution >= 0.6 is 28.3 Å². The Morgan fingerprint density at radius 1 is 1.24 bits per heavy atom. The van der Waals surface area contributed by atoms with Crippen molar-refractivity contribution in [1.82, 2.24) is 5.32 Å². The van der Waals surface area contributed by atoms with E-state index >= 15 is 0 Å². The van der Waals surface area contributed by atoms with Crippen LogP contribution in [0.2, 0.25) is 0 Å². The minimum absolute atomic E-state index is 0. The lowest BCUT2D eigenvalue weighted by molar-refractivity contribution is 0.252. The lowest BCUT2D eigenvalue weighted by Gasteiger charge is -2.26. The first-order valence-corrected chi connectivity index (χ1v) is 7.42. The molecule has 0 aromatic heterocycles. The fourth-order valence-corrected chi connectivity index (χ4v) is 2.87. The Balaban J connectivity index is 0.00000161. The van der Waals surface area contributed by atoms with Crippen LogP contribution in [-0.2, 0) is 6.54 Å². The first kappa shape index (κ1) is 16.3. The van der Waals surface area contributed by atoms with Crippen molar-refractivity contribution < 1.29 is 9.13 Å². The van der Waals surface area contributed by atoms with Gasteiger partial charge in [-0.3, -0.25) is 0 Å². The molecule has 0 amide bonds. The zero-order valence-electron chi connectivity index (χ0n) is 11.3. The lowest BCUT2D eigenvalue weighted by atomic mass is 10.0. The number of para-hydroxylation sites is 1. The van der Waals surface area contributed by atoms with Crippen molar-refractivity contribution in [3.63, 3.8) is 0 Å². The molecule has 1 unspecified atom stereocenters. The molecule has 1 aliphatic rings. The second-order valence-corrected chi connectivity index (χ2v) is 5.76. The summed E-state index contributed by atoms with van der Waals surface area (Å²) in [6.45, 7) is 1.19. The van der Waals surface area contributed by atoms with Crippen molar-refractivity contribution in [3.05, 3.63) is 63.9 Å². The van der Waals surface area contributed by atoms with E-state index in [0.717, 1.165) is 22.2 Å². The Morgan fingerprint density at radius 2 is 2.05 bits per heavy atom. The highest BCUT2D eigenvalue weighted by atomic mass is 79.9. The molecule has 2 nitrogen and oxygen atoms in total. The van der Waals surface area contributed by atoms with Gasteiger partial charge in [0.1, 0.15) is 11.6 Å². The first-order chi connectivity index (χ1) is 9.74. The molecular weight excluding hydrogens is 357 g/mol. The summed E-state index contributed by atoms with van der Waals surface area (Å²) in [7, 11) is 0. The molecule has 0 spiro atoms. The van der Waals surface area contributed by atoms with Gasteiger partial charge in [-0.1, -0.05) is 34.1 Å². The smallest absolute Gasteiger partial charge is 0.127 e. The van der Waals surface area contributed by atoms with E-state index in [2.05, 4.69) is 27.3 Å². The molecule has 3 rings (SSSR count). The monoisotopic (exact) mass is 371 g/mol. The van der Waals surface area contributed by atoms with Crippen LogP contribution in [0.4, 0.5) is 4.39 Å². The number of benzene rings is 2. The molecule has 1 aliphatic heterocycles. The molecule has 1 atom stereocenters. The third kappa shape index (κ3) is 3.76. The molecule has 21 heavy (non-hydrogen) atoms. The van der Waals surface area contributed by atoms with Crippen LogP contribution in [0.15, 0.2) is 46.9 Å². The van der Waals surface area contributed by atoms with Crippen LogP contribution < -0.4 is 10.1 Å². The number of nitrogens with one attached hydrogen (secondary N) is 1. The first-order valence-electron chi connectivity index (χ1n) is 6.63. The lowest BCUT2D eigenvalue weighted by Crippen LogP contribution is -2.27. The van der Waals surface area contributed by atoms with E-state index in [1.165, 1.54) is 6.07 Å². The molecule has 1 heterocycles. The van der Waals surface area contributed by atoms with Crippen LogP contribution in [0.1, 0.15) is 23.6 Å². The molecule has 0 bridgehead atoms.